The molecule has 2 heterocycles. The van der Waals surface area contributed by atoms with Gasteiger partial charge >= 0.3 is 6.09 Å². The molecule has 0 radical (unpaired) electrons. The Kier molecular flexibility index (Phi) is 4.90. The van der Waals surface area contributed by atoms with E-state index in [-0.39, 0.29) is 50.1 Å². The molecule has 5 rings (SSSR count). The van der Waals surface area contributed by atoms with Gasteiger partial charge < -0.3 is 15.0 Å². The minimum Gasteiger partial charge on any atom is -0.446 e. The fraction of sp³-hybridized carbons (Fsp3) is 0.545. The van der Waals surface area contributed by atoms with Crippen molar-refractivity contribution in [2.75, 3.05) is 0 Å². The molecule has 4 atom stereocenters. The number of carbonyl (C=O) groups is 4. The van der Waals surface area contributed by atoms with Crippen LogP contribution >= 0.6 is 0 Å². The zero-order valence-electron chi connectivity index (χ0n) is 17.2. The van der Waals surface area contributed by atoms with Crippen LogP contribution in [0.2, 0.25) is 0 Å². The molecular formula is C22H23F2N3O5. The van der Waals surface area contributed by atoms with E-state index in [1.807, 2.05) is 0 Å². The first kappa shape index (κ1) is 20.8. The van der Waals surface area contributed by atoms with Crippen molar-refractivity contribution in [3.8, 4) is 0 Å². The predicted octanol–water partition coefficient (Wildman–Crippen LogP) is 2.11. The molecule has 2 saturated carbocycles. The summed E-state index contributed by atoms with van der Waals surface area (Å²) < 4.78 is 32.6. The summed E-state index contributed by atoms with van der Waals surface area (Å²) >= 11 is 0. The molecule has 2 aliphatic carbocycles. The van der Waals surface area contributed by atoms with E-state index in [4.69, 9.17) is 4.74 Å². The number of alkyl halides is 2. The van der Waals surface area contributed by atoms with Gasteiger partial charge in [-0.1, -0.05) is 12.1 Å². The smallest absolute Gasteiger partial charge is 0.407 e. The average Bonchev–Trinajstić information content (AvgIpc) is 3.37. The zero-order valence-corrected chi connectivity index (χ0v) is 17.2. The van der Waals surface area contributed by atoms with Gasteiger partial charge in [-0.25, -0.2) is 13.6 Å². The van der Waals surface area contributed by atoms with Gasteiger partial charge in [0.2, 0.25) is 11.8 Å². The maximum absolute atomic E-state index is 13.6. The van der Waals surface area contributed by atoms with Gasteiger partial charge in [0.15, 0.2) is 0 Å². The molecule has 4 amide bonds. The fourth-order valence-corrected chi connectivity index (χ4v) is 5.37. The summed E-state index contributed by atoms with van der Waals surface area (Å²) in [4.78, 5) is 50.0. The summed E-state index contributed by atoms with van der Waals surface area (Å²) in [6, 6.07) is 4.54. The lowest BCUT2D eigenvalue weighted by molar-refractivity contribution is -0.136. The Labute approximate surface area is 182 Å². The maximum Gasteiger partial charge on any atom is 0.407 e. The van der Waals surface area contributed by atoms with Crippen molar-refractivity contribution in [3.05, 3.63) is 34.9 Å². The minimum absolute atomic E-state index is 0.120. The van der Waals surface area contributed by atoms with Crippen LogP contribution in [0.1, 0.15) is 53.6 Å². The highest BCUT2D eigenvalue weighted by atomic mass is 19.3. The second kappa shape index (κ2) is 7.53. The van der Waals surface area contributed by atoms with Crippen molar-refractivity contribution < 1.29 is 32.7 Å². The number of ether oxygens (including phenoxy) is 1. The summed E-state index contributed by atoms with van der Waals surface area (Å²) in [5.74, 6) is -4.75. The Morgan fingerprint density at radius 2 is 2.06 bits per heavy atom. The van der Waals surface area contributed by atoms with Crippen molar-refractivity contribution in [1.82, 2.24) is 15.5 Å². The quantitative estimate of drug-likeness (QED) is 0.688. The van der Waals surface area contributed by atoms with Gasteiger partial charge in [-0.2, -0.15) is 0 Å². The highest BCUT2D eigenvalue weighted by Crippen LogP contribution is 2.54. The molecule has 8 nitrogen and oxygen atoms in total. The standard InChI is InChI=1S/C22H23F2N3O5/c23-22(24)8-13-6-14(22)7-17(13)32-21(31)25-9-11-1-2-12-10-27(20(30)15(12)5-11)16-3-4-18(28)26-19(16)29/h1-2,5,13-14,16-17H,3-4,6-10H2,(H,25,31)(H,26,28,29)/t13-,14-,16?,17-/m1/s1. The third-order valence-electron chi connectivity index (χ3n) is 7.05. The summed E-state index contributed by atoms with van der Waals surface area (Å²) in [6.45, 7) is 0.403. The molecule has 1 aromatic carbocycles. The molecule has 0 aromatic heterocycles. The third-order valence-corrected chi connectivity index (χ3v) is 7.05. The molecule has 32 heavy (non-hydrogen) atoms. The lowest BCUT2D eigenvalue weighted by Gasteiger charge is -2.29. The first-order chi connectivity index (χ1) is 15.2. The Hall–Kier alpha value is -3.04. The van der Waals surface area contributed by atoms with Crippen LogP contribution in [-0.4, -0.2) is 46.8 Å². The molecule has 170 valence electrons. The number of halogens is 2. The highest BCUT2D eigenvalue weighted by Gasteiger charge is 2.57. The molecule has 1 unspecified atom stereocenters. The highest BCUT2D eigenvalue weighted by molar-refractivity contribution is 6.05. The summed E-state index contributed by atoms with van der Waals surface area (Å²) in [5.41, 5.74) is 1.91. The van der Waals surface area contributed by atoms with Crippen molar-refractivity contribution >= 4 is 23.8 Å². The number of piperidine rings is 1. The van der Waals surface area contributed by atoms with Crippen LogP contribution in [-0.2, 0) is 27.4 Å². The summed E-state index contributed by atoms with van der Waals surface area (Å²) in [6.07, 6.45) is -0.318. The SMILES string of the molecule is O=C1CCC(N2Cc3ccc(CNC(=O)O[C@@H]4C[C@H]5C[C@@H]4CC5(F)F)cc3C2=O)C(=O)N1. The average molecular weight is 447 g/mol. The van der Waals surface area contributed by atoms with E-state index in [0.717, 1.165) is 5.56 Å². The first-order valence-electron chi connectivity index (χ1n) is 10.8. The number of nitrogens with one attached hydrogen (secondary N) is 2. The number of nitrogens with zero attached hydrogens (tertiary/aromatic N) is 1. The van der Waals surface area contributed by atoms with Crippen LogP contribution < -0.4 is 10.6 Å². The molecular weight excluding hydrogens is 424 g/mol. The van der Waals surface area contributed by atoms with Gasteiger partial charge in [-0.05, 0) is 36.5 Å². The van der Waals surface area contributed by atoms with Gasteiger partial charge in [0.05, 0.1) is 0 Å². The number of hydrogen-bond acceptors (Lipinski definition) is 5. The van der Waals surface area contributed by atoms with E-state index in [9.17, 15) is 28.0 Å². The van der Waals surface area contributed by atoms with Gasteiger partial charge in [0.1, 0.15) is 12.1 Å². The molecule has 1 aromatic rings. The van der Waals surface area contributed by atoms with Crippen LogP contribution in [0.4, 0.5) is 13.6 Å². The molecule has 4 aliphatic rings. The first-order valence-corrected chi connectivity index (χ1v) is 10.8. The Morgan fingerprint density at radius 3 is 2.75 bits per heavy atom. The Morgan fingerprint density at radius 1 is 1.25 bits per heavy atom. The molecule has 2 aliphatic heterocycles. The number of imide groups is 1. The number of benzene rings is 1. The van der Waals surface area contributed by atoms with Crippen LogP contribution in [0.15, 0.2) is 18.2 Å². The Bertz CT molecular complexity index is 1010. The molecule has 1 saturated heterocycles. The topological polar surface area (TPSA) is 105 Å². The fourth-order valence-electron chi connectivity index (χ4n) is 5.37. The second-order valence-corrected chi connectivity index (χ2v) is 9.08. The van der Waals surface area contributed by atoms with Crippen molar-refractivity contribution in [2.45, 2.75) is 63.3 Å². The van der Waals surface area contributed by atoms with E-state index < -0.39 is 36.0 Å². The number of amides is 4. The number of fused-ring (bicyclic) bond motifs is 3. The van der Waals surface area contributed by atoms with Crippen LogP contribution in [0, 0.1) is 11.8 Å². The normalized spacial score (nSPS) is 30.3. The van der Waals surface area contributed by atoms with Crippen LogP contribution in [0.3, 0.4) is 0 Å². The van der Waals surface area contributed by atoms with Crippen LogP contribution in [0.25, 0.3) is 0 Å². The predicted molar refractivity (Wildman–Crippen MR) is 105 cm³/mol. The van der Waals surface area contributed by atoms with Gasteiger partial charge in [0.25, 0.3) is 11.8 Å². The lowest BCUT2D eigenvalue weighted by atomic mass is 9.94. The molecule has 10 heteroatoms. The van der Waals surface area contributed by atoms with E-state index >= 15 is 0 Å². The molecule has 2 bridgehead atoms. The van der Waals surface area contributed by atoms with Crippen molar-refractivity contribution in [1.29, 1.82) is 0 Å². The van der Waals surface area contributed by atoms with E-state index in [1.165, 1.54) is 4.90 Å². The number of rotatable bonds is 4. The van der Waals surface area contributed by atoms with Gasteiger partial charge in [-0.15, -0.1) is 0 Å². The lowest BCUT2D eigenvalue weighted by Crippen LogP contribution is -2.52. The third kappa shape index (κ3) is 3.61. The van der Waals surface area contributed by atoms with Gasteiger partial charge in [-0.3, -0.25) is 19.7 Å². The Balaban J connectivity index is 1.17. The number of carbonyl (C=O) groups excluding carboxylic acids is 4. The van der Waals surface area contributed by atoms with Crippen LogP contribution in [0.5, 0.6) is 0 Å². The summed E-state index contributed by atoms with van der Waals surface area (Å²) in [5, 5.41) is 4.89. The van der Waals surface area contributed by atoms with Gasteiger partial charge in [0, 0.05) is 43.3 Å². The number of hydrogen-bond donors (Lipinski definition) is 2. The van der Waals surface area contributed by atoms with E-state index in [0.29, 0.717) is 24.0 Å². The molecule has 3 fully saturated rings. The van der Waals surface area contributed by atoms with E-state index in [2.05, 4.69) is 10.6 Å². The van der Waals surface area contributed by atoms with Crippen molar-refractivity contribution in [2.24, 2.45) is 11.8 Å². The molecule has 2 N–H and O–H groups in total. The number of alkyl carbamates (subject to hydrolysis) is 1. The largest absolute Gasteiger partial charge is 0.446 e. The maximum atomic E-state index is 13.6. The zero-order chi connectivity index (χ0) is 22.6. The summed E-state index contributed by atoms with van der Waals surface area (Å²) in [7, 11) is 0. The molecule has 0 spiro atoms. The van der Waals surface area contributed by atoms with Crippen molar-refractivity contribution in [3.63, 3.8) is 0 Å². The minimum atomic E-state index is -2.65. The monoisotopic (exact) mass is 447 g/mol. The van der Waals surface area contributed by atoms with E-state index in [1.54, 1.807) is 18.2 Å². The second-order valence-electron chi connectivity index (χ2n) is 9.08.